The van der Waals surface area contributed by atoms with Crippen LogP contribution >= 0.6 is 0 Å². The van der Waals surface area contributed by atoms with E-state index in [9.17, 15) is 9.90 Å². The van der Waals surface area contributed by atoms with Crippen molar-refractivity contribution in [2.24, 2.45) is 0 Å². The topological polar surface area (TPSA) is 86.5 Å². The van der Waals surface area contributed by atoms with Gasteiger partial charge in [-0.05, 0) is 56.9 Å². The van der Waals surface area contributed by atoms with E-state index in [0.29, 0.717) is 30.5 Å². The molecule has 1 aromatic heterocycles. The van der Waals surface area contributed by atoms with Crippen LogP contribution in [0.1, 0.15) is 54.7 Å². The van der Waals surface area contributed by atoms with Gasteiger partial charge in [0.1, 0.15) is 0 Å². The Morgan fingerprint density at radius 2 is 1.60 bits per heavy atom. The van der Waals surface area contributed by atoms with Crippen LogP contribution in [0, 0.1) is 0 Å². The van der Waals surface area contributed by atoms with E-state index in [1.165, 1.54) is 0 Å². The second kappa shape index (κ2) is 9.43. The van der Waals surface area contributed by atoms with E-state index in [4.69, 9.17) is 9.47 Å². The van der Waals surface area contributed by atoms with Crippen molar-refractivity contribution in [2.45, 2.75) is 52.9 Å². The summed E-state index contributed by atoms with van der Waals surface area (Å²) in [6, 6.07) is 15.8. The van der Waals surface area contributed by atoms with Gasteiger partial charge < -0.3 is 14.6 Å². The van der Waals surface area contributed by atoms with Gasteiger partial charge in [-0.1, -0.05) is 42.5 Å². The maximum absolute atomic E-state index is 11.4. The third-order valence-electron chi connectivity index (χ3n) is 4.30. The average molecular weight is 409 g/mol. The van der Waals surface area contributed by atoms with E-state index in [-0.39, 0.29) is 12.2 Å². The summed E-state index contributed by atoms with van der Waals surface area (Å²) in [5.41, 5.74) is 3.18. The fourth-order valence-electron chi connectivity index (χ4n) is 3.01. The molecule has 0 aliphatic carbocycles. The number of hydrogen-bond donors (Lipinski definition) is 1. The molecule has 0 saturated carbocycles. The number of benzene rings is 2. The number of hydrogen-bond acceptors (Lipinski definition) is 5. The Kier molecular flexibility index (Phi) is 6.72. The van der Waals surface area contributed by atoms with Crippen molar-refractivity contribution in [1.29, 1.82) is 0 Å². The Morgan fingerprint density at radius 3 is 2.23 bits per heavy atom. The summed E-state index contributed by atoms with van der Waals surface area (Å²) in [6.07, 6.45) is 0.498. The highest BCUT2D eigenvalue weighted by Gasteiger charge is 2.15. The normalized spacial score (nSPS) is 11.1. The van der Waals surface area contributed by atoms with E-state index in [2.05, 4.69) is 10.1 Å². The van der Waals surface area contributed by atoms with Crippen molar-refractivity contribution in [3.05, 3.63) is 70.8 Å². The van der Waals surface area contributed by atoms with Crippen molar-refractivity contribution in [3.8, 4) is 12.0 Å². The summed E-state index contributed by atoms with van der Waals surface area (Å²) in [7, 11) is 0. The van der Waals surface area contributed by atoms with Gasteiger partial charge in [0.25, 0.3) is 0 Å². The van der Waals surface area contributed by atoms with Gasteiger partial charge in [0, 0.05) is 0 Å². The highest BCUT2D eigenvalue weighted by Crippen LogP contribution is 2.19. The van der Waals surface area contributed by atoms with Crippen LogP contribution in [0.25, 0.3) is 0 Å². The number of ether oxygens (including phenoxy) is 2. The summed E-state index contributed by atoms with van der Waals surface area (Å²) >= 11 is 0. The first-order valence-electron chi connectivity index (χ1n) is 9.99. The molecule has 0 saturated heterocycles. The standard InChI is InChI=1S/C23H27N3O4/c1-15(2)29-22-24-23(30-16(3)4)26(25-22)14-18-11-9-17(10-12-18)13-19-7-5-6-8-20(19)21(27)28/h5-12,15-16H,13-14H2,1-4H3,(H,27,28). The molecular weight excluding hydrogens is 382 g/mol. The second-order valence-electron chi connectivity index (χ2n) is 7.62. The Labute approximate surface area is 176 Å². The maximum atomic E-state index is 11.4. The first-order chi connectivity index (χ1) is 14.3. The molecule has 0 bridgehead atoms. The molecule has 2 aromatic carbocycles. The molecule has 0 amide bonds. The number of carboxylic acid groups (broad SMARTS) is 1. The maximum Gasteiger partial charge on any atom is 0.339 e. The molecule has 1 heterocycles. The summed E-state index contributed by atoms with van der Waals surface area (Å²) in [6.45, 7) is 8.20. The second-order valence-corrected chi connectivity index (χ2v) is 7.62. The van der Waals surface area contributed by atoms with Gasteiger partial charge in [0.2, 0.25) is 0 Å². The number of carboxylic acids is 1. The van der Waals surface area contributed by atoms with Gasteiger partial charge in [-0.2, -0.15) is 0 Å². The Morgan fingerprint density at radius 1 is 0.967 bits per heavy atom. The van der Waals surface area contributed by atoms with Crippen molar-refractivity contribution >= 4 is 5.97 Å². The molecule has 3 aromatic rings. The molecule has 0 radical (unpaired) electrons. The summed E-state index contributed by atoms with van der Waals surface area (Å²) in [5, 5.41) is 13.8. The lowest BCUT2D eigenvalue weighted by Crippen LogP contribution is -2.12. The number of nitrogens with zero attached hydrogens (tertiary/aromatic N) is 3. The summed E-state index contributed by atoms with van der Waals surface area (Å²) in [4.78, 5) is 15.7. The molecule has 7 heteroatoms. The summed E-state index contributed by atoms with van der Waals surface area (Å²) < 4.78 is 13.1. The molecule has 1 N–H and O–H groups in total. The van der Waals surface area contributed by atoms with E-state index in [0.717, 1.165) is 16.7 Å². The molecule has 0 aliphatic heterocycles. The van der Waals surface area contributed by atoms with E-state index >= 15 is 0 Å². The zero-order valence-corrected chi connectivity index (χ0v) is 17.7. The number of aromatic carboxylic acids is 1. The van der Waals surface area contributed by atoms with Gasteiger partial charge >= 0.3 is 18.0 Å². The van der Waals surface area contributed by atoms with Crippen molar-refractivity contribution in [3.63, 3.8) is 0 Å². The predicted octanol–water partition coefficient (Wildman–Crippen LogP) is 4.19. The molecule has 0 unspecified atom stereocenters. The van der Waals surface area contributed by atoms with E-state index in [1.807, 2.05) is 64.1 Å². The lowest BCUT2D eigenvalue weighted by Gasteiger charge is -2.10. The molecule has 0 aliphatic rings. The third-order valence-corrected chi connectivity index (χ3v) is 4.30. The lowest BCUT2D eigenvalue weighted by molar-refractivity contribution is 0.0696. The van der Waals surface area contributed by atoms with Crippen molar-refractivity contribution < 1.29 is 19.4 Å². The molecule has 7 nitrogen and oxygen atoms in total. The highest BCUT2D eigenvalue weighted by molar-refractivity contribution is 5.89. The molecule has 0 atom stereocenters. The van der Waals surface area contributed by atoms with Crippen LogP contribution in [0.4, 0.5) is 0 Å². The van der Waals surface area contributed by atoms with Crippen LogP contribution in [0.2, 0.25) is 0 Å². The minimum absolute atomic E-state index is 0.0271. The molecule has 0 spiro atoms. The fraction of sp³-hybridized carbons (Fsp3) is 0.348. The van der Waals surface area contributed by atoms with Crippen LogP contribution in [0.15, 0.2) is 48.5 Å². The fourth-order valence-corrected chi connectivity index (χ4v) is 3.01. The van der Waals surface area contributed by atoms with Gasteiger partial charge in [-0.3, -0.25) is 0 Å². The SMILES string of the molecule is CC(C)Oc1nc(OC(C)C)n(Cc2ccc(Cc3ccccc3C(=O)O)cc2)n1. The first-order valence-corrected chi connectivity index (χ1v) is 9.99. The molecular formula is C23H27N3O4. The van der Waals surface area contributed by atoms with Crippen LogP contribution in [-0.2, 0) is 13.0 Å². The van der Waals surface area contributed by atoms with Gasteiger partial charge in [0.05, 0.1) is 24.3 Å². The van der Waals surface area contributed by atoms with Crippen molar-refractivity contribution in [1.82, 2.24) is 14.8 Å². The quantitative estimate of drug-likeness (QED) is 0.570. The average Bonchev–Trinajstić information content (AvgIpc) is 3.02. The molecule has 30 heavy (non-hydrogen) atoms. The van der Waals surface area contributed by atoms with Crippen LogP contribution in [0.3, 0.4) is 0 Å². The molecule has 3 rings (SSSR count). The first kappa shape index (κ1) is 21.4. The number of rotatable bonds is 9. The van der Waals surface area contributed by atoms with Crippen LogP contribution < -0.4 is 9.47 Å². The van der Waals surface area contributed by atoms with Crippen molar-refractivity contribution in [2.75, 3.05) is 0 Å². The summed E-state index contributed by atoms with van der Waals surface area (Å²) in [5.74, 6) is -0.912. The monoisotopic (exact) mass is 409 g/mol. The van der Waals surface area contributed by atoms with Gasteiger partial charge in [0.15, 0.2) is 0 Å². The minimum Gasteiger partial charge on any atom is -0.478 e. The molecule has 0 fully saturated rings. The minimum atomic E-state index is -0.912. The van der Waals surface area contributed by atoms with Crippen LogP contribution in [0.5, 0.6) is 12.0 Å². The Balaban J connectivity index is 1.76. The van der Waals surface area contributed by atoms with Crippen LogP contribution in [-0.4, -0.2) is 38.0 Å². The number of aromatic nitrogens is 3. The third kappa shape index (κ3) is 5.59. The highest BCUT2D eigenvalue weighted by atomic mass is 16.5. The molecule has 158 valence electrons. The largest absolute Gasteiger partial charge is 0.478 e. The lowest BCUT2D eigenvalue weighted by atomic mass is 9.99. The number of carbonyl (C=O) groups is 1. The zero-order valence-electron chi connectivity index (χ0n) is 17.7. The predicted molar refractivity (Wildman–Crippen MR) is 113 cm³/mol. The smallest absolute Gasteiger partial charge is 0.339 e. The Bertz CT molecular complexity index is 994. The zero-order chi connectivity index (χ0) is 21.7. The Hall–Kier alpha value is -3.35. The van der Waals surface area contributed by atoms with E-state index < -0.39 is 5.97 Å². The van der Waals surface area contributed by atoms with Gasteiger partial charge in [-0.15, -0.1) is 10.1 Å². The van der Waals surface area contributed by atoms with E-state index in [1.54, 1.807) is 16.8 Å². The van der Waals surface area contributed by atoms with Gasteiger partial charge in [-0.25, -0.2) is 9.48 Å².